The van der Waals surface area contributed by atoms with Gasteiger partial charge in [0.1, 0.15) is 0 Å². The molecule has 1 aliphatic heterocycles. The van der Waals surface area contributed by atoms with E-state index in [4.69, 9.17) is 5.73 Å². The van der Waals surface area contributed by atoms with E-state index in [1.54, 1.807) is 37.7 Å². The maximum Gasteiger partial charge on any atom is 0.273 e. The monoisotopic (exact) mass is 394 g/mol. The van der Waals surface area contributed by atoms with Crippen LogP contribution in [0.4, 0.5) is 5.69 Å². The van der Waals surface area contributed by atoms with Crippen LogP contribution in [0.15, 0.2) is 41.7 Å². The first-order valence-electron chi connectivity index (χ1n) is 9.74. The van der Waals surface area contributed by atoms with Gasteiger partial charge < -0.3 is 16.4 Å². The molecule has 2 aromatic rings. The van der Waals surface area contributed by atoms with Crippen LogP contribution in [0, 0.1) is 0 Å². The number of hydrogen-bond acceptors (Lipinski definition) is 5. The van der Waals surface area contributed by atoms with Crippen molar-refractivity contribution in [1.82, 2.24) is 15.1 Å². The maximum atomic E-state index is 12.8. The van der Waals surface area contributed by atoms with E-state index < -0.39 is 0 Å². The summed E-state index contributed by atoms with van der Waals surface area (Å²) in [5.74, 6) is -0.628. The minimum absolute atomic E-state index is 0.202. The second-order valence-corrected chi connectivity index (χ2v) is 6.93. The van der Waals surface area contributed by atoms with Crippen molar-refractivity contribution >= 4 is 29.3 Å². The molecule has 8 heteroatoms. The topological polar surface area (TPSA) is 114 Å². The predicted molar refractivity (Wildman–Crippen MR) is 114 cm³/mol. The third kappa shape index (κ3) is 5.31. The Kier molecular flexibility index (Phi) is 6.78. The molecule has 0 unspecified atom stereocenters. The Balaban J connectivity index is 1.92. The summed E-state index contributed by atoms with van der Waals surface area (Å²) in [4.78, 5) is 29.7. The molecule has 0 saturated heterocycles. The molecule has 0 atom stereocenters. The van der Waals surface area contributed by atoms with Crippen molar-refractivity contribution in [2.24, 2.45) is 17.8 Å². The second kappa shape index (κ2) is 9.68. The van der Waals surface area contributed by atoms with Crippen molar-refractivity contribution in [1.29, 1.82) is 0 Å². The highest BCUT2D eigenvalue weighted by Gasteiger charge is 2.18. The van der Waals surface area contributed by atoms with Crippen LogP contribution in [-0.4, -0.2) is 40.9 Å². The lowest BCUT2D eigenvalue weighted by molar-refractivity contribution is 0.0948. The number of aliphatic imine (C=N–C) groups is 1. The van der Waals surface area contributed by atoms with Crippen molar-refractivity contribution in [2.45, 2.75) is 25.7 Å². The normalized spacial score (nSPS) is 17.8. The lowest BCUT2D eigenvalue weighted by Gasteiger charge is -2.09. The van der Waals surface area contributed by atoms with Crippen LogP contribution in [0.25, 0.3) is 5.57 Å². The molecule has 0 spiro atoms. The number of rotatable bonds is 0. The average molecular weight is 394 g/mol. The fraction of sp³-hybridized carbons (Fsp3) is 0.333. The van der Waals surface area contributed by atoms with Crippen LogP contribution >= 0.6 is 0 Å². The molecule has 0 fully saturated rings. The maximum absolute atomic E-state index is 12.8. The summed E-state index contributed by atoms with van der Waals surface area (Å²) >= 11 is 0. The number of allylic oxidation sites excluding steroid dienone is 1. The number of aromatic nitrogens is 2. The summed E-state index contributed by atoms with van der Waals surface area (Å²) < 4.78 is 1.51. The van der Waals surface area contributed by atoms with Gasteiger partial charge in [-0.25, -0.2) is 0 Å². The molecule has 1 aromatic heterocycles. The van der Waals surface area contributed by atoms with Gasteiger partial charge in [-0.05, 0) is 30.5 Å². The van der Waals surface area contributed by atoms with Gasteiger partial charge >= 0.3 is 0 Å². The number of amides is 2. The van der Waals surface area contributed by atoms with Crippen molar-refractivity contribution < 1.29 is 9.59 Å². The minimum Gasteiger partial charge on any atom is -0.404 e. The van der Waals surface area contributed by atoms with Crippen LogP contribution in [-0.2, 0) is 7.05 Å². The Morgan fingerprint density at radius 1 is 1.10 bits per heavy atom. The van der Waals surface area contributed by atoms with Crippen LogP contribution in [0.3, 0.4) is 0 Å². The molecule has 2 bridgehead atoms. The first-order chi connectivity index (χ1) is 14.1. The largest absolute Gasteiger partial charge is 0.404 e. The Morgan fingerprint density at radius 2 is 1.90 bits per heavy atom. The van der Waals surface area contributed by atoms with Gasteiger partial charge in [-0.2, -0.15) is 5.10 Å². The SMILES string of the molecule is Cn1cc2c(n1)C(=O)NCCCCCCN=CC(=CN)c1cccc(c1)C(=O)N2. The number of nitrogens with one attached hydrogen (secondary N) is 2. The zero-order valence-electron chi connectivity index (χ0n) is 16.5. The van der Waals surface area contributed by atoms with Crippen molar-refractivity contribution in [3.63, 3.8) is 0 Å². The lowest BCUT2D eigenvalue weighted by atomic mass is 10.0. The fourth-order valence-electron chi connectivity index (χ4n) is 3.13. The number of carbonyl (C=O) groups is 2. The molecule has 1 aromatic carbocycles. The Bertz CT molecular complexity index is 944. The first-order valence-corrected chi connectivity index (χ1v) is 9.74. The Labute approximate surface area is 169 Å². The zero-order valence-corrected chi connectivity index (χ0v) is 16.5. The summed E-state index contributed by atoms with van der Waals surface area (Å²) in [6, 6.07) is 7.12. The molecule has 0 aliphatic carbocycles. The summed E-state index contributed by atoms with van der Waals surface area (Å²) in [5, 5.41) is 9.86. The molecular formula is C21H26N6O2. The number of fused-ring (bicyclic) bond motifs is 3. The van der Waals surface area contributed by atoms with Gasteiger partial charge in [0, 0.05) is 49.9 Å². The lowest BCUT2D eigenvalue weighted by Crippen LogP contribution is -2.26. The highest BCUT2D eigenvalue weighted by atomic mass is 16.2. The van der Waals surface area contributed by atoms with E-state index in [-0.39, 0.29) is 17.5 Å². The van der Waals surface area contributed by atoms with E-state index in [1.165, 1.54) is 10.9 Å². The highest BCUT2D eigenvalue weighted by molar-refractivity contribution is 6.12. The number of aryl methyl sites for hydroxylation is 1. The van der Waals surface area contributed by atoms with E-state index in [2.05, 4.69) is 20.7 Å². The predicted octanol–water partition coefficient (Wildman–Crippen LogP) is 2.35. The quantitative estimate of drug-likeness (QED) is 0.636. The molecule has 2 heterocycles. The number of carbonyl (C=O) groups excluding carboxylic acids is 2. The smallest absolute Gasteiger partial charge is 0.273 e. The molecule has 0 radical (unpaired) electrons. The van der Waals surface area contributed by atoms with E-state index in [1.807, 2.05) is 6.07 Å². The number of hydrogen-bond donors (Lipinski definition) is 3. The number of benzene rings is 1. The average Bonchev–Trinajstić information content (AvgIpc) is 3.09. The zero-order chi connectivity index (χ0) is 20.6. The van der Waals surface area contributed by atoms with Crippen LogP contribution in [0.1, 0.15) is 52.1 Å². The third-order valence-corrected chi connectivity index (χ3v) is 4.66. The number of nitrogens with two attached hydrogens (primary N) is 1. The van der Waals surface area contributed by atoms with E-state index in [0.717, 1.165) is 36.8 Å². The Morgan fingerprint density at radius 3 is 2.72 bits per heavy atom. The first kappa shape index (κ1) is 20.3. The molecule has 29 heavy (non-hydrogen) atoms. The molecule has 2 amide bonds. The van der Waals surface area contributed by atoms with E-state index >= 15 is 0 Å². The number of nitrogens with zero attached hydrogens (tertiary/aromatic N) is 3. The molecule has 4 N–H and O–H groups in total. The van der Waals surface area contributed by atoms with Gasteiger partial charge in [0.25, 0.3) is 11.8 Å². The fourth-order valence-corrected chi connectivity index (χ4v) is 3.13. The molecule has 1 aliphatic rings. The van der Waals surface area contributed by atoms with Gasteiger partial charge in [0.15, 0.2) is 5.69 Å². The van der Waals surface area contributed by atoms with Gasteiger partial charge in [-0.1, -0.05) is 25.0 Å². The van der Waals surface area contributed by atoms with E-state index in [9.17, 15) is 9.59 Å². The molecule has 152 valence electrons. The third-order valence-electron chi connectivity index (χ3n) is 4.66. The second-order valence-electron chi connectivity index (χ2n) is 6.93. The van der Waals surface area contributed by atoms with Gasteiger partial charge in [0.2, 0.25) is 0 Å². The summed E-state index contributed by atoms with van der Waals surface area (Å²) in [6.45, 7) is 1.27. The molecular weight excluding hydrogens is 368 g/mol. The summed E-state index contributed by atoms with van der Waals surface area (Å²) in [6.07, 6.45) is 8.74. The van der Waals surface area contributed by atoms with E-state index in [0.29, 0.717) is 24.3 Å². The highest BCUT2D eigenvalue weighted by Crippen LogP contribution is 2.18. The van der Waals surface area contributed by atoms with Crippen LogP contribution < -0.4 is 16.4 Å². The molecule has 3 rings (SSSR count). The molecule has 8 nitrogen and oxygen atoms in total. The van der Waals surface area contributed by atoms with Gasteiger partial charge in [-0.15, -0.1) is 0 Å². The minimum atomic E-state index is -0.330. The van der Waals surface area contributed by atoms with Crippen molar-refractivity contribution in [2.75, 3.05) is 18.4 Å². The van der Waals surface area contributed by atoms with Crippen molar-refractivity contribution in [3.05, 3.63) is 53.5 Å². The van der Waals surface area contributed by atoms with Crippen LogP contribution in [0.2, 0.25) is 0 Å². The van der Waals surface area contributed by atoms with Gasteiger partial charge in [-0.3, -0.25) is 19.3 Å². The standard InChI is InChI=1S/C21H26N6O2/c1-27-14-18-19(26-27)21(29)24-10-5-3-2-4-9-23-13-17(12-22)15-7-6-8-16(11-15)20(28)25-18/h6-8,11-14H,2-5,9-10,22H2,1H3,(H,24,29)(H,25,28). The Hall–Kier alpha value is -3.42. The van der Waals surface area contributed by atoms with Crippen molar-refractivity contribution in [3.8, 4) is 0 Å². The van der Waals surface area contributed by atoms with Gasteiger partial charge in [0.05, 0.1) is 5.69 Å². The summed E-state index contributed by atoms with van der Waals surface area (Å²) in [7, 11) is 1.71. The number of anilines is 1. The molecule has 0 saturated carbocycles. The summed E-state index contributed by atoms with van der Waals surface area (Å²) in [5.41, 5.74) is 8.35. The van der Waals surface area contributed by atoms with Crippen LogP contribution in [0.5, 0.6) is 0 Å².